The Labute approximate surface area is 92.1 Å². The second kappa shape index (κ2) is 4.96. The first-order chi connectivity index (χ1) is 6.66. The minimum absolute atomic E-state index is 0.0742. The van der Waals surface area contributed by atoms with E-state index >= 15 is 0 Å². The predicted octanol–water partition coefficient (Wildman–Crippen LogP) is 2.67. The third kappa shape index (κ3) is 2.45. The van der Waals surface area contributed by atoms with Gasteiger partial charge in [-0.1, -0.05) is 18.2 Å². The molecule has 0 unspecified atom stereocenters. The van der Waals surface area contributed by atoms with Crippen molar-refractivity contribution in [3.8, 4) is 0 Å². The van der Waals surface area contributed by atoms with Gasteiger partial charge in [0.2, 0.25) is 0 Å². The van der Waals surface area contributed by atoms with Gasteiger partial charge in [-0.15, -0.1) is 6.58 Å². The third-order valence-corrected chi connectivity index (χ3v) is 2.52. The average molecular weight is 254 g/mol. The van der Waals surface area contributed by atoms with Crippen LogP contribution in [0.3, 0.4) is 0 Å². The Bertz CT molecular complexity index is 340. The van der Waals surface area contributed by atoms with Crippen molar-refractivity contribution in [2.75, 3.05) is 6.54 Å². The van der Waals surface area contributed by atoms with Gasteiger partial charge in [-0.25, -0.2) is 0 Å². The van der Waals surface area contributed by atoms with Crippen LogP contribution >= 0.6 is 15.9 Å². The van der Waals surface area contributed by atoms with E-state index in [2.05, 4.69) is 27.8 Å². The highest BCUT2D eigenvalue weighted by molar-refractivity contribution is 9.10. The molecule has 1 amide bonds. The normalized spacial score (nSPS) is 9.57. The highest BCUT2D eigenvalue weighted by Crippen LogP contribution is 2.19. The summed E-state index contributed by atoms with van der Waals surface area (Å²) in [4.78, 5) is 11.7. The van der Waals surface area contributed by atoms with Crippen LogP contribution in [0, 0.1) is 6.92 Å². The van der Waals surface area contributed by atoms with Gasteiger partial charge in [0.05, 0.1) is 5.56 Å². The molecule has 1 aromatic carbocycles. The van der Waals surface area contributed by atoms with Crippen molar-refractivity contribution in [2.24, 2.45) is 0 Å². The molecule has 0 atom stereocenters. The van der Waals surface area contributed by atoms with Crippen molar-refractivity contribution >= 4 is 21.8 Å². The molecule has 0 aromatic heterocycles. The number of benzene rings is 1. The van der Waals surface area contributed by atoms with Crippen LogP contribution in [0.5, 0.6) is 0 Å². The molecule has 0 aliphatic rings. The molecule has 0 radical (unpaired) electrons. The van der Waals surface area contributed by atoms with E-state index in [1.165, 1.54) is 0 Å². The first-order valence-electron chi connectivity index (χ1n) is 4.31. The van der Waals surface area contributed by atoms with Crippen molar-refractivity contribution in [2.45, 2.75) is 6.92 Å². The van der Waals surface area contributed by atoms with Gasteiger partial charge in [-0.2, -0.15) is 0 Å². The van der Waals surface area contributed by atoms with Gasteiger partial charge in [0, 0.05) is 11.0 Å². The molecule has 1 aromatic rings. The molecule has 1 rings (SSSR count). The molecular formula is C11H12BrNO. The lowest BCUT2D eigenvalue weighted by Crippen LogP contribution is -2.24. The SMILES string of the molecule is C=CCNC(=O)c1c(C)cccc1Br. The van der Waals surface area contributed by atoms with Crippen LogP contribution in [0.25, 0.3) is 0 Å². The molecule has 14 heavy (non-hydrogen) atoms. The summed E-state index contributed by atoms with van der Waals surface area (Å²) >= 11 is 3.35. The summed E-state index contributed by atoms with van der Waals surface area (Å²) in [5.41, 5.74) is 1.65. The number of halogens is 1. The van der Waals surface area contributed by atoms with Crippen molar-refractivity contribution in [1.82, 2.24) is 5.32 Å². The topological polar surface area (TPSA) is 29.1 Å². The molecule has 74 valence electrons. The summed E-state index contributed by atoms with van der Waals surface area (Å²) in [5.74, 6) is -0.0742. The lowest BCUT2D eigenvalue weighted by molar-refractivity contribution is 0.0956. The Hall–Kier alpha value is -1.09. The lowest BCUT2D eigenvalue weighted by Gasteiger charge is -2.07. The maximum atomic E-state index is 11.7. The van der Waals surface area contributed by atoms with Crippen LogP contribution in [0.15, 0.2) is 35.3 Å². The van der Waals surface area contributed by atoms with Crippen LogP contribution in [-0.2, 0) is 0 Å². The second-order valence-corrected chi connectivity index (χ2v) is 3.78. The highest BCUT2D eigenvalue weighted by atomic mass is 79.9. The zero-order valence-electron chi connectivity index (χ0n) is 8.01. The van der Waals surface area contributed by atoms with E-state index in [1.807, 2.05) is 25.1 Å². The number of hydrogen-bond acceptors (Lipinski definition) is 1. The van der Waals surface area contributed by atoms with E-state index in [-0.39, 0.29) is 5.91 Å². The van der Waals surface area contributed by atoms with Gasteiger partial charge in [-0.3, -0.25) is 4.79 Å². The quantitative estimate of drug-likeness (QED) is 0.825. The number of rotatable bonds is 3. The molecule has 0 aliphatic carbocycles. The first kappa shape index (κ1) is 11.0. The Kier molecular flexibility index (Phi) is 3.89. The molecular weight excluding hydrogens is 242 g/mol. The highest BCUT2D eigenvalue weighted by Gasteiger charge is 2.10. The zero-order chi connectivity index (χ0) is 10.6. The van der Waals surface area contributed by atoms with Gasteiger partial charge < -0.3 is 5.32 Å². The Balaban J connectivity index is 2.94. The molecule has 0 fully saturated rings. The van der Waals surface area contributed by atoms with E-state index in [4.69, 9.17) is 0 Å². The fraction of sp³-hybridized carbons (Fsp3) is 0.182. The zero-order valence-corrected chi connectivity index (χ0v) is 9.60. The maximum Gasteiger partial charge on any atom is 0.252 e. The van der Waals surface area contributed by atoms with Crippen molar-refractivity contribution < 1.29 is 4.79 Å². The number of amides is 1. The first-order valence-corrected chi connectivity index (χ1v) is 5.10. The van der Waals surface area contributed by atoms with Crippen molar-refractivity contribution in [3.05, 3.63) is 46.5 Å². The summed E-state index contributed by atoms with van der Waals surface area (Å²) < 4.78 is 0.819. The van der Waals surface area contributed by atoms with Gasteiger partial charge in [0.1, 0.15) is 0 Å². The summed E-state index contributed by atoms with van der Waals surface area (Å²) in [7, 11) is 0. The number of carbonyl (C=O) groups excluding carboxylic acids is 1. The largest absolute Gasteiger partial charge is 0.349 e. The monoisotopic (exact) mass is 253 g/mol. The number of aryl methyl sites for hydroxylation is 1. The number of nitrogens with one attached hydrogen (secondary N) is 1. The Morgan fingerprint density at radius 3 is 2.93 bits per heavy atom. The lowest BCUT2D eigenvalue weighted by atomic mass is 10.1. The third-order valence-electron chi connectivity index (χ3n) is 1.86. The van der Waals surface area contributed by atoms with E-state index in [1.54, 1.807) is 6.08 Å². The smallest absolute Gasteiger partial charge is 0.252 e. The van der Waals surface area contributed by atoms with Gasteiger partial charge >= 0.3 is 0 Å². The minimum Gasteiger partial charge on any atom is -0.349 e. The molecule has 0 bridgehead atoms. The van der Waals surface area contributed by atoms with Crippen LogP contribution < -0.4 is 5.32 Å². The molecule has 0 saturated carbocycles. The fourth-order valence-electron chi connectivity index (χ4n) is 1.17. The number of hydrogen-bond donors (Lipinski definition) is 1. The van der Waals surface area contributed by atoms with Crippen LogP contribution in [-0.4, -0.2) is 12.5 Å². The van der Waals surface area contributed by atoms with E-state index < -0.39 is 0 Å². The van der Waals surface area contributed by atoms with E-state index in [0.717, 1.165) is 10.0 Å². The van der Waals surface area contributed by atoms with Gasteiger partial charge in [0.15, 0.2) is 0 Å². The summed E-state index contributed by atoms with van der Waals surface area (Å²) in [6.07, 6.45) is 1.66. The second-order valence-electron chi connectivity index (χ2n) is 2.93. The molecule has 0 aliphatic heterocycles. The van der Waals surface area contributed by atoms with Crippen LogP contribution in [0.4, 0.5) is 0 Å². The van der Waals surface area contributed by atoms with Crippen molar-refractivity contribution in [3.63, 3.8) is 0 Å². The van der Waals surface area contributed by atoms with Gasteiger partial charge in [0.25, 0.3) is 5.91 Å². The predicted molar refractivity (Wildman–Crippen MR) is 61.4 cm³/mol. The van der Waals surface area contributed by atoms with E-state index in [0.29, 0.717) is 12.1 Å². The molecule has 0 saturated heterocycles. The Morgan fingerprint density at radius 2 is 2.36 bits per heavy atom. The molecule has 0 spiro atoms. The summed E-state index contributed by atoms with van der Waals surface area (Å²) in [6, 6.07) is 5.67. The van der Waals surface area contributed by atoms with Crippen LogP contribution in [0.1, 0.15) is 15.9 Å². The summed E-state index contributed by atoms with van der Waals surface area (Å²) in [6.45, 7) is 5.94. The van der Waals surface area contributed by atoms with Gasteiger partial charge in [-0.05, 0) is 34.5 Å². The van der Waals surface area contributed by atoms with Crippen molar-refractivity contribution in [1.29, 1.82) is 0 Å². The standard InChI is InChI=1S/C11H12BrNO/c1-3-7-13-11(14)10-8(2)5-4-6-9(10)12/h3-6H,1,7H2,2H3,(H,13,14). The molecule has 0 heterocycles. The molecule has 3 heteroatoms. The van der Waals surface area contributed by atoms with Crippen LogP contribution in [0.2, 0.25) is 0 Å². The maximum absolute atomic E-state index is 11.7. The Morgan fingerprint density at radius 1 is 1.64 bits per heavy atom. The molecule has 1 N–H and O–H groups in total. The van der Waals surface area contributed by atoms with E-state index in [9.17, 15) is 4.79 Å². The number of carbonyl (C=O) groups is 1. The average Bonchev–Trinajstić information content (AvgIpc) is 2.14. The summed E-state index contributed by atoms with van der Waals surface area (Å²) in [5, 5.41) is 2.74. The minimum atomic E-state index is -0.0742. The molecule has 2 nitrogen and oxygen atoms in total. The fourth-order valence-corrected chi connectivity index (χ4v) is 1.82.